The Morgan fingerprint density at radius 2 is 1.96 bits per heavy atom. The molecule has 1 aliphatic rings. The van der Waals surface area contributed by atoms with Gasteiger partial charge in [-0.1, -0.05) is 11.6 Å². The lowest BCUT2D eigenvalue weighted by Gasteiger charge is -2.31. The van der Waals surface area contributed by atoms with Crippen molar-refractivity contribution in [2.45, 2.75) is 25.7 Å². The molecular formula is C20H27N3O5. The molecule has 1 heterocycles. The molecule has 1 fully saturated rings. The Labute approximate surface area is 164 Å². The molecule has 1 saturated carbocycles. The van der Waals surface area contributed by atoms with E-state index in [4.69, 9.17) is 18.7 Å². The van der Waals surface area contributed by atoms with E-state index < -0.39 is 0 Å². The van der Waals surface area contributed by atoms with Crippen LogP contribution in [-0.4, -0.2) is 62.0 Å². The van der Waals surface area contributed by atoms with Crippen molar-refractivity contribution in [3.05, 3.63) is 24.1 Å². The highest BCUT2D eigenvalue weighted by Gasteiger charge is 2.29. The zero-order valence-electron chi connectivity index (χ0n) is 16.6. The van der Waals surface area contributed by atoms with Crippen LogP contribution in [0.25, 0.3) is 11.4 Å². The van der Waals surface area contributed by atoms with Crippen LogP contribution in [-0.2, 0) is 16.0 Å². The monoisotopic (exact) mass is 389 g/mol. The van der Waals surface area contributed by atoms with Gasteiger partial charge in [-0.3, -0.25) is 4.79 Å². The molecule has 0 saturated heterocycles. The third kappa shape index (κ3) is 4.62. The average Bonchev–Trinajstić information content (AvgIpc) is 3.15. The number of rotatable bonds is 10. The third-order valence-electron chi connectivity index (χ3n) is 5.04. The highest BCUT2D eigenvalue weighted by Crippen LogP contribution is 2.31. The van der Waals surface area contributed by atoms with Gasteiger partial charge in [-0.15, -0.1) is 0 Å². The van der Waals surface area contributed by atoms with Crippen molar-refractivity contribution >= 4 is 5.91 Å². The number of benzene rings is 1. The zero-order chi connectivity index (χ0) is 19.9. The Bertz CT molecular complexity index is 788. The minimum absolute atomic E-state index is 0.155. The van der Waals surface area contributed by atoms with Crippen LogP contribution in [0.4, 0.5) is 0 Å². The summed E-state index contributed by atoms with van der Waals surface area (Å²) >= 11 is 0. The first-order valence-electron chi connectivity index (χ1n) is 9.49. The van der Waals surface area contributed by atoms with Crippen LogP contribution in [0.5, 0.6) is 11.5 Å². The third-order valence-corrected chi connectivity index (χ3v) is 5.04. The Morgan fingerprint density at radius 1 is 1.18 bits per heavy atom. The van der Waals surface area contributed by atoms with Crippen molar-refractivity contribution in [1.29, 1.82) is 0 Å². The Hall–Kier alpha value is -2.61. The molecule has 28 heavy (non-hydrogen) atoms. The lowest BCUT2D eigenvalue weighted by molar-refractivity contribution is -0.138. The minimum atomic E-state index is 0.155. The lowest BCUT2D eigenvalue weighted by Crippen LogP contribution is -2.41. The molecule has 1 aromatic heterocycles. The fourth-order valence-corrected chi connectivity index (χ4v) is 3.13. The van der Waals surface area contributed by atoms with Gasteiger partial charge in [-0.25, -0.2) is 0 Å². The zero-order valence-corrected chi connectivity index (χ0v) is 16.6. The van der Waals surface area contributed by atoms with Gasteiger partial charge in [0, 0.05) is 38.1 Å². The highest BCUT2D eigenvalue weighted by atomic mass is 16.5. The Balaban J connectivity index is 1.65. The van der Waals surface area contributed by atoms with Gasteiger partial charge in [0.2, 0.25) is 17.6 Å². The molecule has 0 unspecified atom stereocenters. The molecular weight excluding hydrogens is 362 g/mol. The van der Waals surface area contributed by atoms with Gasteiger partial charge < -0.3 is 23.6 Å². The molecule has 0 bridgehead atoms. The molecule has 1 aromatic carbocycles. The van der Waals surface area contributed by atoms with E-state index in [1.54, 1.807) is 33.5 Å². The maximum absolute atomic E-state index is 12.6. The number of amides is 1. The van der Waals surface area contributed by atoms with Crippen molar-refractivity contribution in [3.8, 4) is 22.9 Å². The molecule has 8 heteroatoms. The minimum Gasteiger partial charge on any atom is -0.493 e. The van der Waals surface area contributed by atoms with Crippen molar-refractivity contribution < 1.29 is 23.5 Å². The van der Waals surface area contributed by atoms with Crippen LogP contribution in [0.1, 0.15) is 25.2 Å². The second kappa shape index (κ2) is 9.54. The van der Waals surface area contributed by atoms with Gasteiger partial charge in [0.1, 0.15) is 0 Å². The summed E-state index contributed by atoms with van der Waals surface area (Å²) in [6, 6.07) is 5.45. The van der Waals surface area contributed by atoms with Crippen molar-refractivity contribution in [1.82, 2.24) is 15.0 Å². The summed E-state index contributed by atoms with van der Waals surface area (Å²) in [5, 5.41) is 4.05. The van der Waals surface area contributed by atoms with E-state index in [0.29, 0.717) is 49.3 Å². The van der Waals surface area contributed by atoms with Gasteiger partial charge in [0.25, 0.3) is 0 Å². The summed E-state index contributed by atoms with van der Waals surface area (Å²) < 4.78 is 21.1. The SMILES string of the molecule is COCCN(CCc1nc(-c2ccc(OC)c(OC)c2)no1)C(=O)C1CCC1. The van der Waals surface area contributed by atoms with E-state index in [1.807, 2.05) is 11.0 Å². The lowest BCUT2D eigenvalue weighted by atomic mass is 9.84. The van der Waals surface area contributed by atoms with Crippen molar-refractivity contribution in [2.24, 2.45) is 5.92 Å². The predicted molar refractivity (Wildman–Crippen MR) is 102 cm³/mol. The van der Waals surface area contributed by atoms with Crippen LogP contribution in [0.3, 0.4) is 0 Å². The first kappa shape index (κ1) is 20.1. The average molecular weight is 389 g/mol. The maximum atomic E-state index is 12.6. The number of ether oxygens (including phenoxy) is 3. The summed E-state index contributed by atoms with van der Waals surface area (Å²) in [5.74, 6) is 2.56. The molecule has 0 aliphatic heterocycles. The van der Waals surface area contributed by atoms with Crippen LogP contribution in [0.2, 0.25) is 0 Å². The maximum Gasteiger partial charge on any atom is 0.228 e. The topological polar surface area (TPSA) is 86.9 Å². The molecule has 0 radical (unpaired) electrons. The van der Waals surface area contributed by atoms with Crippen LogP contribution in [0, 0.1) is 5.92 Å². The summed E-state index contributed by atoms with van der Waals surface area (Å²) in [5.41, 5.74) is 0.773. The van der Waals surface area contributed by atoms with E-state index in [0.717, 1.165) is 24.8 Å². The van der Waals surface area contributed by atoms with E-state index in [9.17, 15) is 4.79 Å². The summed E-state index contributed by atoms with van der Waals surface area (Å²) in [6.45, 7) is 1.62. The quantitative estimate of drug-likeness (QED) is 0.617. The fourth-order valence-electron chi connectivity index (χ4n) is 3.13. The first-order chi connectivity index (χ1) is 13.7. The highest BCUT2D eigenvalue weighted by molar-refractivity contribution is 5.79. The van der Waals surface area contributed by atoms with E-state index in [-0.39, 0.29) is 11.8 Å². The van der Waals surface area contributed by atoms with Gasteiger partial charge in [0.15, 0.2) is 11.5 Å². The molecule has 1 aliphatic carbocycles. The van der Waals surface area contributed by atoms with Crippen molar-refractivity contribution in [2.75, 3.05) is 41.0 Å². The second-order valence-corrected chi connectivity index (χ2v) is 6.78. The normalized spacial score (nSPS) is 13.8. The summed E-state index contributed by atoms with van der Waals surface area (Å²) in [4.78, 5) is 18.9. The molecule has 2 aromatic rings. The fraction of sp³-hybridized carbons (Fsp3) is 0.550. The van der Waals surface area contributed by atoms with Crippen LogP contribution in [0.15, 0.2) is 22.7 Å². The van der Waals surface area contributed by atoms with Crippen molar-refractivity contribution in [3.63, 3.8) is 0 Å². The van der Waals surface area contributed by atoms with E-state index >= 15 is 0 Å². The molecule has 3 rings (SSSR count). The number of carbonyl (C=O) groups excluding carboxylic acids is 1. The molecule has 8 nitrogen and oxygen atoms in total. The molecule has 152 valence electrons. The van der Waals surface area contributed by atoms with E-state index in [1.165, 1.54) is 0 Å². The first-order valence-corrected chi connectivity index (χ1v) is 9.49. The van der Waals surface area contributed by atoms with E-state index in [2.05, 4.69) is 10.1 Å². The van der Waals surface area contributed by atoms with Gasteiger partial charge in [-0.05, 0) is 31.0 Å². The smallest absolute Gasteiger partial charge is 0.228 e. The summed E-state index contributed by atoms with van der Waals surface area (Å²) in [6.07, 6.45) is 3.59. The second-order valence-electron chi connectivity index (χ2n) is 6.78. The summed E-state index contributed by atoms with van der Waals surface area (Å²) in [7, 11) is 4.81. The molecule has 0 atom stereocenters. The number of carbonyl (C=O) groups is 1. The number of hydrogen-bond acceptors (Lipinski definition) is 7. The standard InChI is InChI=1S/C20H27N3O5/c1-25-12-11-23(20(24)14-5-4-6-14)10-9-18-21-19(22-28-18)15-7-8-16(26-2)17(13-15)27-3/h7-8,13-14H,4-6,9-12H2,1-3H3. The number of nitrogens with zero attached hydrogens (tertiary/aromatic N) is 3. The van der Waals surface area contributed by atoms with Crippen LogP contribution < -0.4 is 9.47 Å². The molecule has 1 amide bonds. The number of methoxy groups -OCH3 is 3. The van der Waals surface area contributed by atoms with Gasteiger partial charge >= 0.3 is 0 Å². The Morgan fingerprint density at radius 3 is 2.61 bits per heavy atom. The predicted octanol–water partition coefficient (Wildman–Crippen LogP) is 2.57. The number of aromatic nitrogens is 2. The molecule has 0 spiro atoms. The Kier molecular flexibility index (Phi) is 6.86. The van der Waals surface area contributed by atoms with Gasteiger partial charge in [-0.2, -0.15) is 4.98 Å². The van der Waals surface area contributed by atoms with Crippen LogP contribution >= 0.6 is 0 Å². The van der Waals surface area contributed by atoms with Gasteiger partial charge in [0.05, 0.1) is 20.8 Å². The largest absolute Gasteiger partial charge is 0.493 e. The number of hydrogen-bond donors (Lipinski definition) is 0. The molecule has 0 N–H and O–H groups in total.